The van der Waals surface area contributed by atoms with Gasteiger partial charge >= 0.3 is 0 Å². The van der Waals surface area contributed by atoms with Gasteiger partial charge in [-0.2, -0.15) is 5.26 Å². The zero-order chi connectivity index (χ0) is 23.2. The summed E-state index contributed by atoms with van der Waals surface area (Å²) >= 11 is 0. The number of likely N-dealkylation sites (N-methyl/N-ethyl adjacent to an activating group) is 1. The van der Waals surface area contributed by atoms with Gasteiger partial charge in [-0.3, -0.25) is 9.59 Å². The number of carbonyl (C=O) groups excluding carboxylic acids is 2. The summed E-state index contributed by atoms with van der Waals surface area (Å²) in [5.41, 5.74) is 1.38. The molecule has 0 aliphatic heterocycles. The van der Waals surface area contributed by atoms with Crippen molar-refractivity contribution in [2.45, 2.75) is 33.1 Å². The Labute approximate surface area is 190 Å². The normalized spacial score (nSPS) is 10.4. The lowest BCUT2D eigenvalue weighted by Gasteiger charge is -2.21. The highest BCUT2D eigenvalue weighted by atomic mass is 16.5. The second kappa shape index (κ2) is 13.8. The van der Waals surface area contributed by atoms with Crippen LogP contribution in [-0.4, -0.2) is 49.5 Å². The molecule has 0 spiro atoms. The number of hydrogen-bond acceptors (Lipinski definition) is 5. The van der Waals surface area contributed by atoms with Gasteiger partial charge in [-0.25, -0.2) is 0 Å². The van der Waals surface area contributed by atoms with Crippen LogP contribution in [0.15, 0.2) is 54.6 Å². The van der Waals surface area contributed by atoms with Crippen LogP contribution in [0, 0.1) is 11.3 Å². The second-order valence-corrected chi connectivity index (χ2v) is 7.24. The van der Waals surface area contributed by atoms with Crippen LogP contribution in [0.5, 0.6) is 5.75 Å². The van der Waals surface area contributed by atoms with Crippen molar-refractivity contribution in [1.29, 1.82) is 5.26 Å². The molecule has 0 aliphatic carbocycles. The highest BCUT2D eigenvalue weighted by Crippen LogP contribution is 2.18. The van der Waals surface area contributed by atoms with Gasteiger partial charge in [0.1, 0.15) is 12.4 Å². The molecule has 2 amide bonds. The van der Waals surface area contributed by atoms with Crippen LogP contribution in [0.3, 0.4) is 0 Å². The molecular weight excluding hydrogens is 404 g/mol. The Hall–Kier alpha value is -3.37. The maximum Gasteiger partial charge on any atom is 0.227 e. The van der Waals surface area contributed by atoms with Gasteiger partial charge in [-0.1, -0.05) is 32.0 Å². The first-order chi connectivity index (χ1) is 15.6. The smallest absolute Gasteiger partial charge is 0.227 e. The van der Waals surface area contributed by atoms with Gasteiger partial charge in [0, 0.05) is 37.3 Å². The van der Waals surface area contributed by atoms with E-state index in [2.05, 4.69) is 30.1 Å². The number of nitrogens with one attached hydrogen (secondary N) is 1. The van der Waals surface area contributed by atoms with E-state index in [4.69, 9.17) is 10.00 Å². The monoisotopic (exact) mass is 436 g/mol. The number of para-hydroxylation sites is 1. The molecule has 0 fully saturated rings. The third-order valence-electron chi connectivity index (χ3n) is 5.09. The SMILES string of the molecule is CCN(CC)CCOc1ccc(NC(=O)CCC(=O)N(CCC#N)c2ccccc2)cc1. The van der Waals surface area contributed by atoms with Gasteiger partial charge in [0.25, 0.3) is 0 Å². The van der Waals surface area contributed by atoms with Crippen molar-refractivity contribution < 1.29 is 14.3 Å². The Bertz CT molecular complexity index is 874. The zero-order valence-electron chi connectivity index (χ0n) is 18.9. The molecule has 0 saturated heterocycles. The van der Waals surface area contributed by atoms with Gasteiger partial charge < -0.3 is 19.9 Å². The fourth-order valence-corrected chi connectivity index (χ4v) is 3.21. The molecule has 2 aromatic rings. The maximum absolute atomic E-state index is 12.7. The summed E-state index contributed by atoms with van der Waals surface area (Å²) in [4.78, 5) is 28.8. The number of amides is 2. The van der Waals surface area contributed by atoms with Crippen LogP contribution in [0.2, 0.25) is 0 Å². The van der Waals surface area contributed by atoms with Crippen molar-refractivity contribution >= 4 is 23.2 Å². The van der Waals surface area contributed by atoms with E-state index >= 15 is 0 Å². The van der Waals surface area contributed by atoms with E-state index in [1.54, 1.807) is 17.0 Å². The molecule has 170 valence electrons. The molecule has 0 saturated carbocycles. The van der Waals surface area contributed by atoms with Crippen molar-refractivity contribution in [1.82, 2.24) is 4.90 Å². The molecule has 2 aromatic carbocycles. The highest BCUT2D eigenvalue weighted by Gasteiger charge is 2.16. The van der Waals surface area contributed by atoms with Gasteiger partial charge in [0.15, 0.2) is 0 Å². The number of nitriles is 1. The molecule has 0 radical (unpaired) electrons. The number of nitrogens with zero attached hydrogens (tertiary/aromatic N) is 3. The average Bonchev–Trinajstić information content (AvgIpc) is 2.82. The predicted molar refractivity (Wildman–Crippen MR) is 127 cm³/mol. The molecule has 0 heterocycles. The Balaban J connectivity index is 1.81. The minimum Gasteiger partial charge on any atom is -0.492 e. The fraction of sp³-hybridized carbons (Fsp3) is 0.400. The van der Waals surface area contributed by atoms with Crippen LogP contribution >= 0.6 is 0 Å². The third kappa shape index (κ3) is 8.40. The molecular formula is C25H32N4O3. The summed E-state index contributed by atoms with van der Waals surface area (Å²) in [6, 6.07) is 18.5. The van der Waals surface area contributed by atoms with Crippen LogP contribution in [0.4, 0.5) is 11.4 Å². The lowest BCUT2D eigenvalue weighted by atomic mass is 10.2. The Morgan fingerprint density at radius 1 is 0.969 bits per heavy atom. The second-order valence-electron chi connectivity index (χ2n) is 7.24. The molecule has 0 atom stereocenters. The highest BCUT2D eigenvalue weighted by molar-refractivity contribution is 5.98. The predicted octanol–water partition coefficient (Wildman–Crippen LogP) is 4.07. The first kappa shape index (κ1) is 24.9. The number of hydrogen-bond donors (Lipinski definition) is 1. The van der Waals surface area contributed by atoms with Crippen molar-refractivity contribution in [3.63, 3.8) is 0 Å². The molecule has 7 nitrogen and oxygen atoms in total. The fourth-order valence-electron chi connectivity index (χ4n) is 3.21. The number of ether oxygens (including phenoxy) is 1. The largest absolute Gasteiger partial charge is 0.492 e. The van der Waals surface area contributed by atoms with Crippen LogP contribution < -0.4 is 15.0 Å². The van der Waals surface area contributed by atoms with E-state index in [-0.39, 0.29) is 31.1 Å². The summed E-state index contributed by atoms with van der Waals surface area (Å²) in [6.45, 7) is 8.02. The van der Waals surface area contributed by atoms with Crippen LogP contribution in [0.1, 0.15) is 33.1 Å². The van der Waals surface area contributed by atoms with Crippen molar-refractivity contribution in [3.8, 4) is 11.8 Å². The molecule has 32 heavy (non-hydrogen) atoms. The standard InChI is InChI=1S/C25H32N4O3/c1-3-28(4-2)19-20-32-23-13-11-21(12-14-23)27-24(30)15-16-25(31)29(18-8-17-26)22-9-6-5-7-10-22/h5-7,9-14H,3-4,8,15-16,18-20H2,1-2H3,(H,27,30). The minimum atomic E-state index is -0.234. The van der Waals surface area contributed by atoms with E-state index in [1.165, 1.54) is 0 Å². The van der Waals surface area contributed by atoms with Gasteiger partial charge in [0.05, 0.1) is 12.5 Å². The Morgan fingerprint density at radius 3 is 2.28 bits per heavy atom. The van der Waals surface area contributed by atoms with E-state index in [9.17, 15) is 9.59 Å². The molecule has 1 N–H and O–H groups in total. The first-order valence-electron chi connectivity index (χ1n) is 11.0. The summed E-state index contributed by atoms with van der Waals surface area (Å²) in [7, 11) is 0. The van der Waals surface area contributed by atoms with Gasteiger partial charge in [-0.05, 0) is 49.5 Å². The number of carbonyl (C=O) groups is 2. The molecule has 0 aromatic heterocycles. The summed E-state index contributed by atoms with van der Waals surface area (Å²) < 4.78 is 5.75. The van der Waals surface area contributed by atoms with E-state index in [0.717, 1.165) is 31.1 Å². The summed E-state index contributed by atoms with van der Waals surface area (Å²) in [5, 5.41) is 11.7. The molecule has 7 heteroatoms. The quantitative estimate of drug-likeness (QED) is 0.511. The minimum absolute atomic E-state index is 0.0663. The lowest BCUT2D eigenvalue weighted by molar-refractivity contribution is -0.122. The van der Waals surface area contributed by atoms with Crippen molar-refractivity contribution in [3.05, 3.63) is 54.6 Å². The summed E-state index contributed by atoms with van der Waals surface area (Å²) in [5.74, 6) is 0.335. The summed E-state index contributed by atoms with van der Waals surface area (Å²) in [6.07, 6.45) is 0.367. The zero-order valence-corrected chi connectivity index (χ0v) is 18.9. The van der Waals surface area contributed by atoms with Gasteiger partial charge in [0.2, 0.25) is 11.8 Å². The number of benzene rings is 2. The van der Waals surface area contributed by atoms with Crippen LogP contribution in [0.25, 0.3) is 0 Å². The lowest BCUT2D eigenvalue weighted by Crippen LogP contribution is -2.32. The number of anilines is 2. The van der Waals surface area contributed by atoms with E-state index in [0.29, 0.717) is 18.8 Å². The maximum atomic E-state index is 12.7. The average molecular weight is 437 g/mol. The van der Waals surface area contributed by atoms with E-state index in [1.807, 2.05) is 42.5 Å². The van der Waals surface area contributed by atoms with Crippen molar-refractivity contribution in [2.24, 2.45) is 0 Å². The van der Waals surface area contributed by atoms with Crippen LogP contribution in [-0.2, 0) is 9.59 Å². The Morgan fingerprint density at radius 2 is 1.66 bits per heavy atom. The first-order valence-corrected chi connectivity index (χ1v) is 11.0. The van der Waals surface area contributed by atoms with Crippen molar-refractivity contribution in [2.75, 3.05) is 43.0 Å². The molecule has 0 bridgehead atoms. The number of rotatable bonds is 13. The molecule has 0 aliphatic rings. The molecule has 0 unspecified atom stereocenters. The Kier molecular flexibility index (Phi) is 10.8. The van der Waals surface area contributed by atoms with E-state index < -0.39 is 0 Å². The van der Waals surface area contributed by atoms with Gasteiger partial charge in [-0.15, -0.1) is 0 Å². The topological polar surface area (TPSA) is 85.7 Å². The molecule has 2 rings (SSSR count). The third-order valence-corrected chi connectivity index (χ3v) is 5.09.